The van der Waals surface area contributed by atoms with E-state index in [1.54, 1.807) is 17.6 Å². The molecule has 0 fully saturated rings. The fourth-order valence-corrected chi connectivity index (χ4v) is 2.77. The first-order chi connectivity index (χ1) is 10.2. The van der Waals surface area contributed by atoms with Crippen LogP contribution in [0.1, 0.15) is 28.3 Å². The van der Waals surface area contributed by atoms with E-state index >= 15 is 0 Å². The molecule has 2 rings (SSSR count). The number of guanidine groups is 1. The number of furan rings is 1. The molecule has 0 aromatic carbocycles. The second-order valence-corrected chi connectivity index (χ2v) is 5.99. The van der Waals surface area contributed by atoms with Crippen molar-refractivity contribution in [2.24, 2.45) is 4.99 Å². The van der Waals surface area contributed by atoms with E-state index in [1.807, 2.05) is 12.1 Å². The Hall–Kier alpha value is -1.09. The maximum Gasteiger partial charge on any atom is 0.191 e. The first-order valence-corrected chi connectivity index (χ1v) is 7.98. The van der Waals surface area contributed by atoms with Crippen LogP contribution in [0.5, 0.6) is 0 Å². The van der Waals surface area contributed by atoms with E-state index in [2.05, 4.69) is 41.4 Å². The van der Waals surface area contributed by atoms with Crippen molar-refractivity contribution in [3.63, 3.8) is 0 Å². The third-order valence-corrected chi connectivity index (χ3v) is 4.15. The van der Waals surface area contributed by atoms with E-state index in [0.717, 1.165) is 36.9 Å². The molecular formula is C15H23IN4OS. The van der Waals surface area contributed by atoms with E-state index in [1.165, 1.54) is 9.88 Å². The van der Waals surface area contributed by atoms with Crippen LogP contribution in [0, 0.1) is 13.8 Å². The van der Waals surface area contributed by atoms with E-state index in [4.69, 9.17) is 4.42 Å². The SMILES string of the molecule is CCNC(=NCc1ccco1)NCCc1nc(C)c(C)s1.I. The van der Waals surface area contributed by atoms with Crippen LogP contribution in [0.4, 0.5) is 0 Å². The number of aromatic nitrogens is 1. The molecule has 0 radical (unpaired) electrons. The molecule has 0 atom stereocenters. The molecule has 2 aromatic rings. The highest BCUT2D eigenvalue weighted by Gasteiger charge is 2.04. The Morgan fingerprint density at radius 3 is 2.77 bits per heavy atom. The van der Waals surface area contributed by atoms with Crippen LogP contribution in [0.2, 0.25) is 0 Å². The van der Waals surface area contributed by atoms with Crippen LogP contribution in [0.3, 0.4) is 0 Å². The standard InChI is InChI=1S/C15H22N4OS.HI/c1-4-16-15(18-10-13-6-5-9-20-13)17-8-7-14-19-11(2)12(3)21-14;/h5-6,9H,4,7-8,10H2,1-3H3,(H2,16,17,18);1H. The van der Waals surface area contributed by atoms with Crippen LogP contribution in [0.15, 0.2) is 27.8 Å². The zero-order chi connectivity index (χ0) is 15.1. The summed E-state index contributed by atoms with van der Waals surface area (Å²) in [5.74, 6) is 1.66. The Morgan fingerprint density at radius 2 is 2.18 bits per heavy atom. The molecule has 2 N–H and O–H groups in total. The van der Waals surface area contributed by atoms with Crippen molar-refractivity contribution in [1.29, 1.82) is 0 Å². The van der Waals surface area contributed by atoms with Crippen molar-refractivity contribution >= 4 is 41.3 Å². The van der Waals surface area contributed by atoms with Gasteiger partial charge < -0.3 is 15.1 Å². The lowest BCUT2D eigenvalue weighted by Crippen LogP contribution is -2.38. The quantitative estimate of drug-likeness (QED) is 0.416. The number of hydrogen-bond donors (Lipinski definition) is 2. The lowest BCUT2D eigenvalue weighted by molar-refractivity contribution is 0.512. The average Bonchev–Trinajstić information content (AvgIpc) is 3.07. The molecule has 22 heavy (non-hydrogen) atoms. The summed E-state index contributed by atoms with van der Waals surface area (Å²) in [4.78, 5) is 10.3. The fourth-order valence-electron chi connectivity index (χ4n) is 1.84. The maximum absolute atomic E-state index is 5.28. The summed E-state index contributed by atoms with van der Waals surface area (Å²) >= 11 is 1.76. The first-order valence-electron chi connectivity index (χ1n) is 7.16. The average molecular weight is 434 g/mol. The lowest BCUT2D eigenvalue weighted by atomic mass is 10.4. The van der Waals surface area contributed by atoms with E-state index < -0.39 is 0 Å². The molecule has 2 aromatic heterocycles. The third-order valence-electron chi connectivity index (χ3n) is 3.02. The van der Waals surface area contributed by atoms with Crippen molar-refractivity contribution in [2.45, 2.75) is 33.7 Å². The Kier molecular flexibility index (Phi) is 8.47. The molecule has 0 unspecified atom stereocenters. The minimum Gasteiger partial charge on any atom is -0.467 e. The Labute approximate surface area is 152 Å². The van der Waals surface area contributed by atoms with Crippen molar-refractivity contribution in [2.75, 3.05) is 13.1 Å². The summed E-state index contributed by atoms with van der Waals surface area (Å²) in [6.07, 6.45) is 2.57. The number of hydrogen-bond acceptors (Lipinski definition) is 4. The number of thiazole rings is 1. The van der Waals surface area contributed by atoms with Gasteiger partial charge in [0.2, 0.25) is 0 Å². The molecule has 0 aliphatic heterocycles. The van der Waals surface area contributed by atoms with E-state index in [9.17, 15) is 0 Å². The van der Waals surface area contributed by atoms with Gasteiger partial charge in [-0.2, -0.15) is 0 Å². The van der Waals surface area contributed by atoms with Gasteiger partial charge in [0.15, 0.2) is 5.96 Å². The normalized spacial score (nSPS) is 11.1. The van der Waals surface area contributed by atoms with Gasteiger partial charge >= 0.3 is 0 Å². The number of aliphatic imine (C=N–C) groups is 1. The molecule has 2 heterocycles. The second-order valence-electron chi connectivity index (χ2n) is 4.70. The van der Waals surface area contributed by atoms with Crippen LogP contribution >= 0.6 is 35.3 Å². The minimum atomic E-state index is 0. The maximum atomic E-state index is 5.28. The molecule has 0 aliphatic carbocycles. The number of nitrogens with one attached hydrogen (secondary N) is 2. The van der Waals surface area contributed by atoms with Gasteiger partial charge in [0.25, 0.3) is 0 Å². The largest absolute Gasteiger partial charge is 0.467 e. The molecule has 0 bridgehead atoms. The van der Waals surface area contributed by atoms with Crippen LogP contribution in [-0.2, 0) is 13.0 Å². The smallest absolute Gasteiger partial charge is 0.191 e. The summed E-state index contributed by atoms with van der Waals surface area (Å²) in [6.45, 7) is 8.40. The van der Waals surface area contributed by atoms with Gasteiger partial charge in [-0.05, 0) is 32.9 Å². The Balaban J connectivity index is 0.00000242. The molecule has 7 heteroatoms. The molecule has 0 spiro atoms. The highest BCUT2D eigenvalue weighted by Crippen LogP contribution is 2.16. The van der Waals surface area contributed by atoms with E-state index in [0.29, 0.717) is 6.54 Å². The van der Waals surface area contributed by atoms with Gasteiger partial charge in [-0.3, -0.25) is 0 Å². The summed E-state index contributed by atoms with van der Waals surface area (Å²) in [7, 11) is 0. The second kappa shape index (κ2) is 9.83. The van der Waals surface area contributed by atoms with Gasteiger partial charge in [-0.1, -0.05) is 0 Å². The Morgan fingerprint density at radius 1 is 1.36 bits per heavy atom. The number of aryl methyl sites for hydroxylation is 2. The summed E-state index contributed by atoms with van der Waals surface area (Å²) < 4.78 is 5.28. The monoisotopic (exact) mass is 434 g/mol. The fraction of sp³-hybridized carbons (Fsp3) is 0.467. The van der Waals surface area contributed by atoms with Gasteiger partial charge in [0.05, 0.1) is 17.0 Å². The van der Waals surface area contributed by atoms with Crippen LogP contribution in [0.25, 0.3) is 0 Å². The molecule has 0 saturated heterocycles. The highest BCUT2D eigenvalue weighted by atomic mass is 127. The minimum absolute atomic E-state index is 0. The highest BCUT2D eigenvalue weighted by molar-refractivity contribution is 14.0. The van der Waals surface area contributed by atoms with Gasteiger partial charge in [-0.15, -0.1) is 35.3 Å². The summed E-state index contributed by atoms with van der Waals surface area (Å²) in [6, 6.07) is 3.80. The summed E-state index contributed by atoms with van der Waals surface area (Å²) in [5, 5.41) is 7.72. The molecule has 122 valence electrons. The zero-order valence-corrected chi connectivity index (χ0v) is 16.3. The summed E-state index contributed by atoms with van der Waals surface area (Å²) in [5.41, 5.74) is 1.13. The van der Waals surface area contributed by atoms with Gasteiger partial charge in [0.1, 0.15) is 12.3 Å². The zero-order valence-electron chi connectivity index (χ0n) is 13.2. The van der Waals surface area contributed by atoms with Crippen molar-refractivity contribution in [3.8, 4) is 0 Å². The van der Waals surface area contributed by atoms with Crippen LogP contribution in [-0.4, -0.2) is 24.0 Å². The van der Waals surface area contributed by atoms with Gasteiger partial charge in [0, 0.05) is 24.4 Å². The first kappa shape index (κ1) is 19.0. The Bertz CT molecular complexity index is 561. The molecule has 5 nitrogen and oxygen atoms in total. The molecule has 0 aliphatic rings. The third kappa shape index (κ3) is 5.96. The van der Waals surface area contributed by atoms with Crippen molar-refractivity contribution in [3.05, 3.63) is 39.7 Å². The topological polar surface area (TPSA) is 62.5 Å². The number of halogens is 1. The van der Waals surface area contributed by atoms with Crippen molar-refractivity contribution < 1.29 is 4.42 Å². The molecule has 0 saturated carbocycles. The van der Waals surface area contributed by atoms with Crippen LogP contribution < -0.4 is 10.6 Å². The number of rotatable bonds is 6. The lowest BCUT2D eigenvalue weighted by Gasteiger charge is -2.10. The van der Waals surface area contributed by atoms with Crippen molar-refractivity contribution in [1.82, 2.24) is 15.6 Å². The van der Waals surface area contributed by atoms with E-state index in [-0.39, 0.29) is 24.0 Å². The predicted molar refractivity (Wildman–Crippen MR) is 102 cm³/mol. The van der Waals surface area contributed by atoms with Gasteiger partial charge in [-0.25, -0.2) is 9.98 Å². The molecular weight excluding hydrogens is 411 g/mol. The molecule has 0 amide bonds. The predicted octanol–water partition coefficient (Wildman–Crippen LogP) is 3.27. The number of nitrogens with zero attached hydrogens (tertiary/aromatic N) is 2.